The van der Waals surface area contributed by atoms with Crippen molar-refractivity contribution in [2.24, 2.45) is 0 Å². The van der Waals surface area contributed by atoms with Gasteiger partial charge in [0.05, 0.1) is 5.69 Å². The molecule has 1 aromatic carbocycles. The first kappa shape index (κ1) is 11.4. The summed E-state index contributed by atoms with van der Waals surface area (Å²) in [4.78, 5) is 2.15. The summed E-state index contributed by atoms with van der Waals surface area (Å²) in [5.41, 5.74) is 1.92. The van der Waals surface area contributed by atoms with Gasteiger partial charge in [-0.1, -0.05) is 26.0 Å². The first-order valence-electron chi connectivity index (χ1n) is 5.94. The van der Waals surface area contributed by atoms with Crippen molar-refractivity contribution < 1.29 is 4.39 Å². The maximum Gasteiger partial charge on any atom is 0.146 e. The molecule has 1 saturated heterocycles. The van der Waals surface area contributed by atoms with Crippen LogP contribution in [0.2, 0.25) is 0 Å². The molecule has 16 heavy (non-hydrogen) atoms. The number of hydrogen-bond donors (Lipinski definition) is 1. The lowest BCUT2D eigenvalue weighted by Gasteiger charge is -2.32. The van der Waals surface area contributed by atoms with Crippen LogP contribution in [0, 0.1) is 5.82 Å². The van der Waals surface area contributed by atoms with Gasteiger partial charge in [-0.15, -0.1) is 0 Å². The number of nitrogens with one attached hydrogen (secondary N) is 1. The molecule has 3 heteroatoms. The SMILES string of the molecule is CC(C)c1cccc(F)c1N1CCNCC1. The summed E-state index contributed by atoms with van der Waals surface area (Å²) < 4.78 is 13.9. The molecule has 0 bridgehead atoms. The second-order valence-corrected chi connectivity index (χ2v) is 4.57. The molecule has 1 aliphatic heterocycles. The van der Waals surface area contributed by atoms with Crippen LogP contribution in [0.1, 0.15) is 25.3 Å². The number of piperazine rings is 1. The fourth-order valence-corrected chi connectivity index (χ4v) is 2.22. The van der Waals surface area contributed by atoms with Crippen molar-refractivity contribution in [2.75, 3.05) is 31.1 Å². The van der Waals surface area contributed by atoms with E-state index in [4.69, 9.17) is 0 Å². The second kappa shape index (κ2) is 4.83. The number of hydrogen-bond acceptors (Lipinski definition) is 2. The summed E-state index contributed by atoms with van der Waals surface area (Å²) in [6, 6.07) is 5.39. The maximum atomic E-state index is 13.9. The van der Waals surface area contributed by atoms with Crippen LogP contribution in [-0.4, -0.2) is 26.2 Å². The zero-order chi connectivity index (χ0) is 11.5. The lowest BCUT2D eigenvalue weighted by molar-refractivity contribution is 0.562. The third-order valence-electron chi connectivity index (χ3n) is 3.07. The molecule has 0 aromatic heterocycles. The van der Waals surface area contributed by atoms with Crippen LogP contribution in [-0.2, 0) is 0 Å². The van der Waals surface area contributed by atoms with Crippen molar-refractivity contribution in [1.82, 2.24) is 5.32 Å². The lowest BCUT2D eigenvalue weighted by Crippen LogP contribution is -2.44. The molecule has 1 N–H and O–H groups in total. The van der Waals surface area contributed by atoms with Gasteiger partial charge in [0.15, 0.2) is 0 Å². The highest BCUT2D eigenvalue weighted by molar-refractivity contribution is 5.56. The zero-order valence-electron chi connectivity index (χ0n) is 9.96. The molecule has 88 valence electrons. The molecule has 1 aliphatic rings. The van der Waals surface area contributed by atoms with Crippen LogP contribution < -0.4 is 10.2 Å². The number of para-hydroxylation sites is 1. The highest BCUT2D eigenvalue weighted by Crippen LogP contribution is 2.30. The highest BCUT2D eigenvalue weighted by Gasteiger charge is 2.19. The molecular formula is C13H19FN2. The Labute approximate surface area is 96.5 Å². The Balaban J connectivity index is 2.36. The summed E-state index contributed by atoms with van der Waals surface area (Å²) in [6.07, 6.45) is 0. The van der Waals surface area contributed by atoms with E-state index in [0.29, 0.717) is 5.92 Å². The topological polar surface area (TPSA) is 15.3 Å². The second-order valence-electron chi connectivity index (χ2n) is 4.57. The van der Waals surface area contributed by atoms with E-state index in [1.54, 1.807) is 12.1 Å². The number of halogens is 1. The van der Waals surface area contributed by atoms with E-state index >= 15 is 0 Å². The molecule has 1 heterocycles. The quantitative estimate of drug-likeness (QED) is 0.826. The Hall–Kier alpha value is -1.09. The zero-order valence-corrected chi connectivity index (χ0v) is 9.96. The number of rotatable bonds is 2. The Bertz CT molecular complexity index is 357. The normalized spacial score (nSPS) is 16.9. The monoisotopic (exact) mass is 222 g/mol. The molecule has 1 aromatic rings. The summed E-state index contributed by atoms with van der Waals surface area (Å²) in [5.74, 6) is 0.272. The molecule has 0 spiro atoms. The van der Waals surface area contributed by atoms with Gasteiger partial charge in [-0.25, -0.2) is 4.39 Å². The van der Waals surface area contributed by atoms with Gasteiger partial charge in [0, 0.05) is 26.2 Å². The molecular weight excluding hydrogens is 203 g/mol. The number of nitrogens with zero attached hydrogens (tertiary/aromatic N) is 1. The van der Waals surface area contributed by atoms with E-state index in [-0.39, 0.29) is 5.82 Å². The molecule has 2 rings (SSSR count). The van der Waals surface area contributed by atoms with E-state index in [1.807, 2.05) is 6.07 Å². The molecule has 0 saturated carbocycles. The van der Waals surface area contributed by atoms with Crippen molar-refractivity contribution in [3.63, 3.8) is 0 Å². The Morgan fingerprint density at radius 3 is 2.56 bits per heavy atom. The van der Waals surface area contributed by atoms with E-state index in [9.17, 15) is 4.39 Å². The van der Waals surface area contributed by atoms with Gasteiger partial charge in [-0.3, -0.25) is 0 Å². The fourth-order valence-electron chi connectivity index (χ4n) is 2.22. The van der Waals surface area contributed by atoms with Gasteiger partial charge in [0.1, 0.15) is 5.82 Å². The predicted molar refractivity (Wildman–Crippen MR) is 65.6 cm³/mol. The van der Waals surface area contributed by atoms with Crippen LogP contribution >= 0.6 is 0 Å². The maximum absolute atomic E-state index is 13.9. The minimum absolute atomic E-state index is 0.0897. The van der Waals surface area contributed by atoms with Gasteiger partial charge in [-0.05, 0) is 17.5 Å². The lowest BCUT2D eigenvalue weighted by atomic mass is 9.99. The molecule has 0 aliphatic carbocycles. The van der Waals surface area contributed by atoms with E-state index in [2.05, 4.69) is 24.1 Å². The van der Waals surface area contributed by atoms with Crippen molar-refractivity contribution in [2.45, 2.75) is 19.8 Å². The van der Waals surface area contributed by atoms with Gasteiger partial charge >= 0.3 is 0 Å². The molecule has 0 atom stereocenters. The molecule has 0 radical (unpaired) electrons. The third kappa shape index (κ3) is 2.19. The largest absolute Gasteiger partial charge is 0.366 e. The third-order valence-corrected chi connectivity index (χ3v) is 3.07. The Kier molecular flexibility index (Phi) is 3.44. The molecule has 2 nitrogen and oxygen atoms in total. The molecule has 0 unspecified atom stereocenters. The summed E-state index contributed by atoms with van der Waals surface area (Å²) in [7, 11) is 0. The minimum atomic E-state index is -0.0897. The summed E-state index contributed by atoms with van der Waals surface area (Å²) in [5, 5.41) is 3.29. The average Bonchev–Trinajstić information content (AvgIpc) is 2.29. The van der Waals surface area contributed by atoms with Crippen molar-refractivity contribution >= 4 is 5.69 Å². The van der Waals surface area contributed by atoms with Crippen molar-refractivity contribution in [1.29, 1.82) is 0 Å². The van der Waals surface area contributed by atoms with E-state index in [1.165, 1.54) is 0 Å². The molecule has 0 amide bonds. The highest BCUT2D eigenvalue weighted by atomic mass is 19.1. The van der Waals surface area contributed by atoms with Gasteiger partial charge in [0.25, 0.3) is 0 Å². The Morgan fingerprint density at radius 1 is 1.25 bits per heavy atom. The van der Waals surface area contributed by atoms with Crippen LogP contribution in [0.5, 0.6) is 0 Å². The van der Waals surface area contributed by atoms with Crippen molar-refractivity contribution in [3.8, 4) is 0 Å². The summed E-state index contributed by atoms with van der Waals surface area (Å²) >= 11 is 0. The predicted octanol–water partition coefficient (Wildman–Crippen LogP) is 2.36. The van der Waals surface area contributed by atoms with E-state index in [0.717, 1.165) is 37.4 Å². The van der Waals surface area contributed by atoms with Crippen LogP contribution in [0.15, 0.2) is 18.2 Å². The van der Waals surface area contributed by atoms with Gasteiger partial charge in [-0.2, -0.15) is 0 Å². The van der Waals surface area contributed by atoms with Gasteiger partial charge in [0.2, 0.25) is 0 Å². The van der Waals surface area contributed by atoms with Crippen LogP contribution in [0.25, 0.3) is 0 Å². The number of benzene rings is 1. The summed E-state index contributed by atoms with van der Waals surface area (Å²) in [6.45, 7) is 7.87. The van der Waals surface area contributed by atoms with Crippen molar-refractivity contribution in [3.05, 3.63) is 29.6 Å². The van der Waals surface area contributed by atoms with Gasteiger partial charge < -0.3 is 10.2 Å². The van der Waals surface area contributed by atoms with Crippen LogP contribution in [0.3, 0.4) is 0 Å². The number of anilines is 1. The minimum Gasteiger partial charge on any atom is -0.366 e. The van der Waals surface area contributed by atoms with E-state index < -0.39 is 0 Å². The fraction of sp³-hybridized carbons (Fsp3) is 0.538. The smallest absolute Gasteiger partial charge is 0.146 e. The molecule has 1 fully saturated rings. The average molecular weight is 222 g/mol. The van der Waals surface area contributed by atoms with Crippen LogP contribution in [0.4, 0.5) is 10.1 Å². The Morgan fingerprint density at radius 2 is 1.94 bits per heavy atom. The first-order chi connectivity index (χ1) is 7.70. The standard InChI is InChI=1S/C13H19FN2/c1-10(2)11-4-3-5-12(14)13(11)16-8-6-15-7-9-16/h3-5,10,15H,6-9H2,1-2H3. The first-order valence-corrected chi connectivity index (χ1v) is 5.94.